The second kappa shape index (κ2) is 2.90. The summed E-state index contributed by atoms with van der Waals surface area (Å²) in [5.41, 5.74) is 0. The smallest absolute Gasteiger partial charge is 0.152 e. The molecule has 1 radical (unpaired) electrons. The van der Waals surface area contributed by atoms with Gasteiger partial charge in [0, 0.05) is 0 Å². The van der Waals surface area contributed by atoms with Crippen molar-refractivity contribution < 1.29 is 4.55 Å². The van der Waals surface area contributed by atoms with Crippen molar-refractivity contribution in [1.29, 1.82) is 0 Å². The third-order valence-corrected chi connectivity index (χ3v) is 1.96. The summed E-state index contributed by atoms with van der Waals surface area (Å²) in [6.45, 7) is 0. The minimum absolute atomic E-state index is 0.849. The monoisotopic (exact) mass is 139 g/mol. The van der Waals surface area contributed by atoms with Crippen molar-refractivity contribution in [2.75, 3.05) is 6.26 Å². The second-order valence-corrected chi connectivity index (χ2v) is 3.07. The molecule has 0 bridgehead atoms. The average molecular weight is 139 g/mol. The standard InChI is InChI=1S/C7H7OS/c1-9(8)7-5-3-2-4-6-7/h3-6H,1H3/t9-/m0/s1. The van der Waals surface area contributed by atoms with E-state index in [4.69, 9.17) is 0 Å². The van der Waals surface area contributed by atoms with E-state index in [0.717, 1.165) is 4.90 Å². The number of hydrogen-bond acceptors (Lipinski definition) is 1. The van der Waals surface area contributed by atoms with Crippen molar-refractivity contribution in [1.82, 2.24) is 0 Å². The van der Waals surface area contributed by atoms with Gasteiger partial charge in [-0.25, -0.2) is 0 Å². The SMILES string of the molecule is C[S@+]([O-])c1cc[c]cc1. The van der Waals surface area contributed by atoms with Gasteiger partial charge in [0.2, 0.25) is 0 Å². The van der Waals surface area contributed by atoms with Gasteiger partial charge in [-0.2, -0.15) is 0 Å². The Kier molecular flexibility index (Phi) is 2.14. The van der Waals surface area contributed by atoms with Gasteiger partial charge < -0.3 is 4.55 Å². The first-order valence-electron chi connectivity index (χ1n) is 2.60. The predicted molar refractivity (Wildman–Crippen MR) is 37.6 cm³/mol. The molecule has 0 aliphatic carbocycles. The molecule has 1 atom stereocenters. The van der Waals surface area contributed by atoms with Crippen molar-refractivity contribution in [3.8, 4) is 0 Å². The van der Waals surface area contributed by atoms with Crippen LogP contribution in [0.3, 0.4) is 0 Å². The normalized spacial score (nSPS) is 13.1. The van der Waals surface area contributed by atoms with Crippen LogP contribution in [-0.2, 0) is 11.2 Å². The van der Waals surface area contributed by atoms with E-state index < -0.39 is 11.2 Å². The molecule has 0 fully saturated rings. The topological polar surface area (TPSA) is 23.1 Å². The van der Waals surface area contributed by atoms with Gasteiger partial charge in [0.25, 0.3) is 0 Å². The summed E-state index contributed by atoms with van der Waals surface area (Å²) in [5, 5.41) is 0. The molecule has 0 aromatic heterocycles. The Hall–Kier alpha value is -0.470. The third-order valence-electron chi connectivity index (χ3n) is 1.02. The summed E-state index contributed by atoms with van der Waals surface area (Å²) in [5.74, 6) is 0. The zero-order valence-electron chi connectivity index (χ0n) is 5.13. The lowest BCUT2D eigenvalue weighted by Crippen LogP contribution is -1.95. The van der Waals surface area contributed by atoms with E-state index in [0.29, 0.717) is 0 Å². The fraction of sp³-hybridized carbons (Fsp3) is 0.143. The first-order valence-corrected chi connectivity index (χ1v) is 4.16. The molecule has 9 heavy (non-hydrogen) atoms. The zero-order valence-corrected chi connectivity index (χ0v) is 5.94. The second-order valence-electron chi connectivity index (χ2n) is 1.69. The predicted octanol–water partition coefficient (Wildman–Crippen LogP) is 1.22. The zero-order chi connectivity index (χ0) is 6.69. The molecule has 0 N–H and O–H groups in total. The Morgan fingerprint density at radius 1 is 1.44 bits per heavy atom. The maximum absolute atomic E-state index is 10.7. The molecule has 0 aliphatic rings. The number of benzene rings is 1. The first kappa shape index (κ1) is 6.65. The summed E-state index contributed by atoms with van der Waals surface area (Å²) < 4.78 is 10.7. The van der Waals surface area contributed by atoms with Crippen LogP contribution >= 0.6 is 0 Å². The Bertz CT molecular complexity index is 172. The van der Waals surface area contributed by atoms with Crippen molar-refractivity contribution in [2.24, 2.45) is 0 Å². The van der Waals surface area contributed by atoms with Gasteiger partial charge in [-0.3, -0.25) is 0 Å². The Morgan fingerprint density at radius 2 is 2.00 bits per heavy atom. The maximum atomic E-state index is 10.7. The van der Waals surface area contributed by atoms with Crippen LogP contribution in [0.2, 0.25) is 0 Å². The molecule has 0 amide bonds. The summed E-state index contributed by atoms with van der Waals surface area (Å²) in [6.07, 6.45) is 1.66. The van der Waals surface area contributed by atoms with Gasteiger partial charge in [0.1, 0.15) is 6.26 Å². The minimum atomic E-state index is -0.849. The summed E-state index contributed by atoms with van der Waals surface area (Å²) in [4.78, 5) is 0.855. The molecule has 0 saturated heterocycles. The van der Waals surface area contributed by atoms with Crippen LogP contribution in [0.1, 0.15) is 0 Å². The van der Waals surface area contributed by atoms with E-state index in [1.54, 1.807) is 30.5 Å². The van der Waals surface area contributed by atoms with E-state index in [9.17, 15) is 4.55 Å². The van der Waals surface area contributed by atoms with Crippen molar-refractivity contribution >= 4 is 11.2 Å². The number of rotatable bonds is 1. The molecule has 1 rings (SSSR count). The number of hydrogen-bond donors (Lipinski definition) is 0. The largest absolute Gasteiger partial charge is 0.612 e. The van der Waals surface area contributed by atoms with Gasteiger partial charge in [-0.05, 0) is 41.5 Å². The molecule has 0 unspecified atom stereocenters. The van der Waals surface area contributed by atoms with Crippen LogP contribution in [0.4, 0.5) is 0 Å². The van der Waals surface area contributed by atoms with Gasteiger partial charge in [-0.15, -0.1) is 0 Å². The lowest BCUT2D eigenvalue weighted by molar-refractivity contribution is 0.601. The van der Waals surface area contributed by atoms with Crippen LogP contribution in [-0.4, -0.2) is 10.8 Å². The van der Waals surface area contributed by atoms with Gasteiger partial charge in [-0.1, -0.05) is 0 Å². The molecule has 0 saturated carbocycles. The molecule has 1 aromatic rings. The quantitative estimate of drug-likeness (QED) is 0.536. The van der Waals surface area contributed by atoms with E-state index in [-0.39, 0.29) is 0 Å². The highest BCUT2D eigenvalue weighted by Gasteiger charge is 1.98. The van der Waals surface area contributed by atoms with Crippen molar-refractivity contribution in [2.45, 2.75) is 4.90 Å². The van der Waals surface area contributed by atoms with E-state index in [1.165, 1.54) is 0 Å². The maximum Gasteiger partial charge on any atom is 0.152 e. The van der Waals surface area contributed by atoms with Crippen LogP contribution in [0.15, 0.2) is 29.2 Å². The molecule has 0 heterocycles. The summed E-state index contributed by atoms with van der Waals surface area (Å²) in [6, 6.07) is 9.98. The first-order chi connectivity index (χ1) is 4.30. The Labute approximate surface area is 57.9 Å². The van der Waals surface area contributed by atoms with E-state index in [1.807, 2.05) is 0 Å². The van der Waals surface area contributed by atoms with Gasteiger partial charge in [0.15, 0.2) is 4.90 Å². The highest BCUT2D eigenvalue weighted by atomic mass is 32.2. The third kappa shape index (κ3) is 1.73. The fourth-order valence-corrected chi connectivity index (χ4v) is 1.08. The van der Waals surface area contributed by atoms with Crippen molar-refractivity contribution in [3.05, 3.63) is 30.3 Å². The van der Waals surface area contributed by atoms with Crippen LogP contribution in [0, 0.1) is 6.07 Å². The van der Waals surface area contributed by atoms with Gasteiger partial charge in [0.05, 0.1) is 0 Å². The molecule has 0 aliphatic heterocycles. The molecule has 47 valence electrons. The van der Waals surface area contributed by atoms with Gasteiger partial charge >= 0.3 is 0 Å². The van der Waals surface area contributed by atoms with E-state index >= 15 is 0 Å². The molecule has 1 nitrogen and oxygen atoms in total. The highest BCUT2D eigenvalue weighted by Crippen LogP contribution is 2.05. The molecule has 2 heteroatoms. The molecular weight excluding hydrogens is 132 g/mol. The Morgan fingerprint density at radius 3 is 2.33 bits per heavy atom. The molecule has 0 spiro atoms. The lowest BCUT2D eigenvalue weighted by atomic mass is 10.4. The fourth-order valence-electron chi connectivity index (χ4n) is 0.563. The van der Waals surface area contributed by atoms with Crippen molar-refractivity contribution in [3.63, 3.8) is 0 Å². The van der Waals surface area contributed by atoms with E-state index in [2.05, 4.69) is 6.07 Å². The summed E-state index contributed by atoms with van der Waals surface area (Å²) >= 11 is -0.849. The molecular formula is C7H7OS. The van der Waals surface area contributed by atoms with Crippen LogP contribution < -0.4 is 0 Å². The van der Waals surface area contributed by atoms with Crippen LogP contribution in [0.5, 0.6) is 0 Å². The lowest BCUT2D eigenvalue weighted by Gasteiger charge is -2.00. The summed E-state index contributed by atoms with van der Waals surface area (Å²) in [7, 11) is 0. The van der Waals surface area contributed by atoms with Crippen LogP contribution in [0.25, 0.3) is 0 Å². The average Bonchev–Trinajstić information content (AvgIpc) is 1.90. The Balaban J connectivity index is 2.85. The molecule has 1 aromatic carbocycles. The highest BCUT2D eigenvalue weighted by molar-refractivity contribution is 7.90. The minimum Gasteiger partial charge on any atom is -0.612 e.